The van der Waals surface area contributed by atoms with Gasteiger partial charge in [-0.25, -0.2) is 0 Å². The van der Waals surface area contributed by atoms with E-state index in [0.29, 0.717) is 0 Å². The van der Waals surface area contributed by atoms with Gasteiger partial charge in [0.05, 0.1) is 0 Å². The Balaban J connectivity index is 0.000000771. The summed E-state index contributed by atoms with van der Waals surface area (Å²) in [4.78, 5) is 2.62. The van der Waals surface area contributed by atoms with Crippen molar-refractivity contribution < 1.29 is 0 Å². The molecule has 1 aromatic rings. The molecule has 0 spiro atoms. The van der Waals surface area contributed by atoms with Crippen molar-refractivity contribution in [2.24, 2.45) is 11.8 Å². The third-order valence-electron chi connectivity index (χ3n) is 3.54. The van der Waals surface area contributed by atoms with Crippen LogP contribution in [0, 0.1) is 11.8 Å². The predicted molar refractivity (Wildman–Crippen MR) is 81.0 cm³/mol. The number of benzene rings is 1. The molecule has 1 nitrogen and oxygen atoms in total. The molecule has 1 fully saturated rings. The maximum absolute atomic E-state index is 2.62. The molecule has 0 aliphatic carbocycles. The SMILES string of the molecule is CC.CC(C)CN1CC(C)C(c2ccccc2)C1. The van der Waals surface area contributed by atoms with Crippen molar-refractivity contribution in [2.75, 3.05) is 19.6 Å². The summed E-state index contributed by atoms with van der Waals surface area (Å²) in [6.07, 6.45) is 0. The highest BCUT2D eigenvalue weighted by Gasteiger charge is 2.30. The summed E-state index contributed by atoms with van der Waals surface area (Å²) in [7, 11) is 0. The molecule has 1 heteroatoms. The van der Waals surface area contributed by atoms with E-state index in [1.807, 2.05) is 13.8 Å². The lowest BCUT2D eigenvalue weighted by atomic mass is 9.90. The van der Waals surface area contributed by atoms with Crippen LogP contribution in [0.5, 0.6) is 0 Å². The second-order valence-corrected chi connectivity index (χ2v) is 5.61. The molecule has 1 aliphatic rings. The van der Waals surface area contributed by atoms with Crippen molar-refractivity contribution in [3.8, 4) is 0 Å². The molecule has 2 atom stereocenters. The Labute approximate surface area is 113 Å². The molecule has 1 saturated heterocycles. The summed E-state index contributed by atoms with van der Waals surface area (Å²) < 4.78 is 0. The van der Waals surface area contributed by atoms with Crippen molar-refractivity contribution in [2.45, 2.75) is 40.5 Å². The molecule has 2 unspecified atom stereocenters. The molecule has 0 N–H and O–H groups in total. The van der Waals surface area contributed by atoms with E-state index < -0.39 is 0 Å². The van der Waals surface area contributed by atoms with Gasteiger partial charge in [0.2, 0.25) is 0 Å². The van der Waals surface area contributed by atoms with Gasteiger partial charge in [-0.1, -0.05) is 65.0 Å². The average Bonchev–Trinajstić information content (AvgIpc) is 2.73. The van der Waals surface area contributed by atoms with Crippen LogP contribution in [0.3, 0.4) is 0 Å². The molecule has 1 aromatic carbocycles. The summed E-state index contributed by atoms with van der Waals surface area (Å²) >= 11 is 0. The monoisotopic (exact) mass is 247 g/mol. The number of rotatable bonds is 3. The third kappa shape index (κ3) is 4.13. The predicted octanol–water partition coefficient (Wildman–Crippen LogP) is 4.40. The molecular formula is C17H29N. The average molecular weight is 247 g/mol. The van der Waals surface area contributed by atoms with Crippen LogP contribution in [0.25, 0.3) is 0 Å². The molecule has 1 aliphatic heterocycles. The van der Waals surface area contributed by atoms with Crippen LogP contribution >= 0.6 is 0 Å². The van der Waals surface area contributed by atoms with Crippen LogP contribution in [0.2, 0.25) is 0 Å². The lowest BCUT2D eigenvalue weighted by Gasteiger charge is -2.18. The third-order valence-corrected chi connectivity index (χ3v) is 3.54. The fourth-order valence-corrected chi connectivity index (χ4v) is 2.87. The van der Waals surface area contributed by atoms with Gasteiger partial charge >= 0.3 is 0 Å². The highest BCUT2D eigenvalue weighted by Crippen LogP contribution is 2.32. The number of likely N-dealkylation sites (tertiary alicyclic amines) is 1. The quantitative estimate of drug-likeness (QED) is 0.765. The van der Waals surface area contributed by atoms with Gasteiger partial charge < -0.3 is 4.90 Å². The first-order valence-electron chi connectivity index (χ1n) is 7.44. The van der Waals surface area contributed by atoms with Crippen LogP contribution in [-0.4, -0.2) is 24.5 Å². The molecule has 0 radical (unpaired) electrons. The summed E-state index contributed by atoms with van der Waals surface area (Å²) in [6, 6.07) is 11.0. The van der Waals surface area contributed by atoms with Gasteiger partial charge in [-0.3, -0.25) is 0 Å². The van der Waals surface area contributed by atoms with Gasteiger partial charge in [-0.2, -0.15) is 0 Å². The molecule has 18 heavy (non-hydrogen) atoms. The highest BCUT2D eigenvalue weighted by atomic mass is 15.2. The van der Waals surface area contributed by atoms with Gasteiger partial charge in [0.25, 0.3) is 0 Å². The molecule has 0 amide bonds. The van der Waals surface area contributed by atoms with E-state index in [-0.39, 0.29) is 0 Å². The molecule has 0 saturated carbocycles. The smallest absolute Gasteiger partial charge is 0.00535 e. The maximum atomic E-state index is 2.62. The van der Waals surface area contributed by atoms with Gasteiger partial charge in [0.1, 0.15) is 0 Å². The molecule has 2 rings (SSSR count). The fraction of sp³-hybridized carbons (Fsp3) is 0.647. The topological polar surface area (TPSA) is 3.24 Å². The molecule has 1 heterocycles. The van der Waals surface area contributed by atoms with E-state index in [2.05, 4.69) is 56.0 Å². The zero-order chi connectivity index (χ0) is 13.5. The Hall–Kier alpha value is -0.820. The Morgan fingerprint density at radius 2 is 1.72 bits per heavy atom. The van der Waals surface area contributed by atoms with E-state index in [1.54, 1.807) is 0 Å². The maximum Gasteiger partial charge on any atom is 0.00535 e. The van der Waals surface area contributed by atoms with Crippen molar-refractivity contribution in [3.05, 3.63) is 35.9 Å². The fourth-order valence-electron chi connectivity index (χ4n) is 2.87. The van der Waals surface area contributed by atoms with E-state index in [1.165, 1.54) is 25.2 Å². The van der Waals surface area contributed by atoms with Gasteiger partial charge in [-0.15, -0.1) is 0 Å². The first-order chi connectivity index (χ1) is 8.66. The van der Waals surface area contributed by atoms with Gasteiger partial charge in [0.15, 0.2) is 0 Å². The zero-order valence-corrected chi connectivity index (χ0v) is 12.7. The minimum absolute atomic E-state index is 0.736. The lowest BCUT2D eigenvalue weighted by molar-refractivity contribution is 0.288. The van der Waals surface area contributed by atoms with Crippen LogP contribution in [0.4, 0.5) is 0 Å². The van der Waals surface area contributed by atoms with Crippen molar-refractivity contribution in [3.63, 3.8) is 0 Å². The first kappa shape index (κ1) is 15.2. The van der Waals surface area contributed by atoms with E-state index >= 15 is 0 Å². The Bertz CT molecular complexity index is 318. The molecule has 102 valence electrons. The van der Waals surface area contributed by atoms with Crippen LogP contribution in [-0.2, 0) is 0 Å². The Kier molecular flexibility index (Phi) is 6.42. The minimum Gasteiger partial charge on any atom is -0.302 e. The van der Waals surface area contributed by atoms with E-state index in [0.717, 1.165) is 17.8 Å². The summed E-state index contributed by atoms with van der Waals surface area (Å²) in [6.45, 7) is 14.7. The molecule has 0 aromatic heterocycles. The Morgan fingerprint density at radius 3 is 2.28 bits per heavy atom. The van der Waals surface area contributed by atoms with Crippen LogP contribution in [0.1, 0.15) is 46.1 Å². The summed E-state index contributed by atoms with van der Waals surface area (Å²) in [5.41, 5.74) is 1.52. The normalized spacial score (nSPS) is 23.9. The van der Waals surface area contributed by atoms with E-state index in [9.17, 15) is 0 Å². The van der Waals surface area contributed by atoms with E-state index in [4.69, 9.17) is 0 Å². The standard InChI is InChI=1S/C15H23N.C2H6/c1-12(2)9-16-10-13(3)15(11-16)14-7-5-4-6-8-14;1-2/h4-8,12-13,15H,9-11H2,1-3H3;1-2H3. The van der Waals surface area contributed by atoms with Crippen LogP contribution in [0.15, 0.2) is 30.3 Å². The molecular weight excluding hydrogens is 218 g/mol. The largest absolute Gasteiger partial charge is 0.302 e. The zero-order valence-electron chi connectivity index (χ0n) is 12.7. The second kappa shape index (κ2) is 7.58. The van der Waals surface area contributed by atoms with Crippen molar-refractivity contribution in [1.29, 1.82) is 0 Å². The van der Waals surface area contributed by atoms with Crippen molar-refractivity contribution >= 4 is 0 Å². The number of hydrogen-bond donors (Lipinski definition) is 0. The summed E-state index contributed by atoms with van der Waals surface area (Å²) in [5, 5.41) is 0. The second-order valence-electron chi connectivity index (χ2n) is 5.61. The lowest BCUT2D eigenvalue weighted by Crippen LogP contribution is -2.25. The number of hydrogen-bond acceptors (Lipinski definition) is 1. The van der Waals surface area contributed by atoms with Crippen molar-refractivity contribution in [1.82, 2.24) is 4.90 Å². The Morgan fingerprint density at radius 1 is 1.11 bits per heavy atom. The first-order valence-corrected chi connectivity index (χ1v) is 7.44. The number of nitrogens with zero attached hydrogens (tertiary/aromatic N) is 1. The van der Waals surface area contributed by atoms with Gasteiger partial charge in [-0.05, 0) is 17.4 Å². The molecule has 0 bridgehead atoms. The highest BCUT2D eigenvalue weighted by molar-refractivity contribution is 5.22. The minimum atomic E-state index is 0.736. The van der Waals surface area contributed by atoms with Crippen LogP contribution < -0.4 is 0 Å². The summed E-state index contributed by atoms with van der Waals surface area (Å²) in [5.74, 6) is 2.31. The van der Waals surface area contributed by atoms with Gasteiger partial charge in [0, 0.05) is 25.6 Å².